The molecule has 0 fully saturated rings. The lowest BCUT2D eigenvalue weighted by Crippen LogP contribution is -1.95. The average Bonchev–Trinajstić information content (AvgIpc) is 2.85. The average molecular weight is 300 g/mol. The molecule has 0 amide bonds. The van der Waals surface area contributed by atoms with Crippen molar-refractivity contribution in [2.75, 3.05) is 0 Å². The van der Waals surface area contributed by atoms with Gasteiger partial charge in [0.15, 0.2) is 0 Å². The Balaban J connectivity index is 1.92. The smallest absolute Gasteiger partial charge is 0.121 e. The molecule has 0 aliphatic heterocycles. The van der Waals surface area contributed by atoms with E-state index in [9.17, 15) is 0 Å². The molecule has 0 N–H and O–H groups in total. The highest BCUT2D eigenvalue weighted by molar-refractivity contribution is 6.30. The molecule has 1 heterocycles. The highest BCUT2D eigenvalue weighted by Crippen LogP contribution is 2.26. The zero-order chi connectivity index (χ0) is 14.8. The molecule has 2 nitrogen and oxygen atoms in total. The Morgan fingerprint density at radius 2 is 1.95 bits per heavy atom. The lowest BCUT2D eigenvalue weighted by atomic mass is 10.1. The molecule has 0 saturated heterocycles. The van der Waals surface area contributed by atoms with Crippen molar-refractivity contribution in [1.29, 1.82) is 0 Å². The van der Waals surface area contributed by atoms with Crippen LogP contribution in [0.4, 0.5) is 0 Å². The Morgan fingerprint density at radius 1 is 1.14 bits per heavy atom. The summed E-state index contributed by atoms with van der Waals surface area (Å²) in [6.45, 7) is 5.81. The first kappa shape index (κ1) is 14.0. The van der Waals surface area contributed by atoms with Gasteiger partial charge in [-0.2, -0.15) is 0 Å². The Bertz CT molecular complexity index is 776. The van der Waals surface area contributed by atoms with Crippen molar-refractivity contribution in [3.05, 3.63) is 64.8 Å². The third-order valence-corrected chi connectivity index (χ3v) is 3.95. The predicted molar refractivity (Wildman–Crippen MR) is 88.1 cm³/mol. The van der Waals surface area contributed by atoms with Crippen LogP contribution < -0.4 is 4.74 Å². The lowest BCUT2D eigenvalue weighted by molar-refractivity contribution is 0.307. The van der Waals surface area contributed by atoms with E-state index in [0.29, 0.717) is 11.6 Å². The topological polar surface area (TPSA) is 14.2 Å². The minimum absolute atomic E-state index is 0.549. The summed E-state index contributed by atoms with van der Waals surface area (Å²) < 4.78 is 8.16. The van der Waals surface area contributed by atoms with Crippen LogP contribution in [-0.2, 0) is 13.2 Å². The van der Waals surface area contributed by atoms with E-state index < -0.39 is 0 Å². The van der Waals surface area contributed by atoms with E-state index in [1.54, 1.807) is 0 Å². The molecule has 0 aliphatic carbocycles. The van der Waals surface area contributed by atoms with E-state index in [2.05, 4.69) is 42.8 Å². The van der Waals surface area contributed by atoms with Crippen molar-refractivity contribution in [1.82, 2.24) is 4.57 Å². The summed E-state index contributed by atoms with van der Waals surface area (Å²) in [5, 5.41) is 1.96. The molecule has 0 aliphatic rings. The molecule has 3 aromatic rings. The van der Waals surface area contributed by atoms with Crippen LogP contribution in [0, 0.1) is 6.92 Å². The molecule has 0 spiro atoms. The molecule has 0 atom stereocenters. The van der Waals surface area contributed by atoms with E-state index in [0.717, 1.165) is 12.3 Å². The largest absolute Gasteiger partial charge is 0.489 e. The first-order valence-electron chi connectivity index (χ1n) is 7.14. The van der Waals surface area contributed by atoms with Crippen molar-refractivity contribution >= 4 is 22.5 Å². The summed E-state index contributed by atoms with van der Waals surface area (Å²) >= 11 is 5.98. The van der Waals surface area contributed by atoms with Gasteiger partial charge in [0.05, 0.1) is 5.52 Å². The number of hydrogen-bond acceptors (Lipinski definition) is 1. The highest BCUT2D eigenvalue weighted by Gasteiger charge is 2.10. The van der Waals surface area contributed by atoms with Crippen LogP contribution in [0.3, 0.4) is 0 Å². The Morgan fingerprint density at radius 3 is 2.71 bits per heavy atom. The number of hydrogen-bond donors (Lipinski definition) is 0. The summed E-state index contributed by atoms with van der Waals surface area (Å²) in [6, 6.07) is 13.9. The normalized spacial score (nSPS) is 11.0. The second kappa shape index (κ2) is 5.82. The summed E-state index contributed by atoms with van der Waals surface area (Å²) in [7, 11) is 0. The minimum atomic E-state index is 0.549. The standard InChI is InChI=1S/C18H18ClNO/c1-3-20-11-14(17-9-4-6-13(2)18(17)20)12-21-16-8-5-7-15(19)10-16/h4-11H,3,12H2,1-2H3. The fourth-order valence-corrected chi connectivity index (χ4v) is 2.88. The van der Waals surface area contributed by atoms with E-state index in [1.165, 1.54) is 22.0 Å². The molecule has 0 bridgehead atoms. The third kappa shape index (κ3) is 2.77. The maximum atomic E-state index is 5.98. The van der Waals surface area contributed by atoms with Crippen molar-refractivity contribution in [3.8, 4) is 5.75 Å². The van der Waals surface area contributed by atoms with E-state index in [1.807, 2.05) is 24.3 Å². The lowest BCUT2D eigenvalue weighted by Gasteiger charge is -2.05. The Hall–Kier alpha value is -1.93. The molecule has 108 valence electrons. The van der Waals surface area contributed by atoms with Crippen LogP contribution in [0.15, 0.2) is 48.7 Å². The molecule has 0 radical (unpaired) electrons. The van der Waals surface area contributed by atoms with Gasteiger partial charge in [0.1, 0.15) is 12.4 Å². The van der Waals surface area contributed by atoms with Gasteiger partial charge >= 0.3 is 0 Å². The van der Waals surface area contributed by atoms with Gasteiger partial charge < -0.3 is 9.30 Å². The molecule has 0 unspecified atom stereocenters. The van der Waals surface area contributed by atoms with Crippen molar-refractivity contribution in [3.63, 3.8) is 0 Å². The van der Waals surface area contributed by atoms with Crippen molar-refractivity contribution in [2.24, 2.45) is 0 Å². The predicted octanol–water partition coefficient (Wildman–Crippen LogP) is 5.20. The Kier molecular flexibility index (Phi) is 3.89. The molecule has 21 heavy (non-hydrogen) atoms. The maximum Gasteiger partial charge on any atom is 0.121 e. The number of fused-ring (bicyclic) bond motifs is 1. The number of halogens is 1. The zero-order valence-electron chi connectivity index (χ0n) is 12.3. The van der Waals surface area contributed by atoms with Gasteiger partial charge in [-0.05, 0) is 37.6 Å². The molecule has 3 heteroatoms. The van der Waals surface area contributed by atoms with Crippen LogP contribution in [-0.4, -0.2) is 4.57 Å². The van der Waals surface area contributed by atoms with Gasteiger partial charge in [-0.15, -0.1) is 0 Å². The van der Waals surface area contributed by atoms with Crippen LogP contribution in [0.25, 0.3) is 10.9 Å². The van der Waals surface area contributed by atoms with Crippen molar-refractivity contribution in [2.45, 2.75) is 27.0 Å². The number of aryl methyl sites for hydroxylation is 2. The highest BCUT2D eigenvalue weighted by atomic mass is 35.5. The monoisotopic (exact) mass is 299 g/mol. The van der Waals surface area contributed by atoms with E-state index in [-0.39, 0.29) is 0 Å². The summed E-state index contributed by atoms with van der Waals surface area (Å²) in [5.74, 6) is 0.799. The number of para-hydroxylation sites is 1. The van der Waals surface area contributed by atoms with Gasteiger partial charge in [-0.25, -0.2) is 0 Å². The molecule has 3 rings (SSSR count). The number of ether oxygens (including phenoxy) is 1. The van der Waals surface area contributed by atoms with Crippen LogP contribution in [0.2, 0.25) is 5.02 Å². The van der Waals surface area contributed by atoms with Crippen LogP contribution >= 0.6 is 11.6 Å². The van der Waals surface area contributed by atoms with Gasteiger partial charge in [0.2, 0.25) is 0 Å². The Labute approximate surface area is 129 Å². The SMILES string of the molecule is CCn1cc(COc2cccc(Cl)c2)c2cccc(C)c21. The molecule has 1 aromatic heterocycles. The zero-order valence-corrected chi connectivity index (χ0v) is 13.0. The molecule has 0 saturated carbocycles. The fourth-order valence-electron chi connectivity index (χ4n) is 2.70. The summed E-state index contributed by atoms with van der Waals surface area (Å²) in [4.78, 5) is 0. The first-order valence-corrected chi connectivity index (χ1v) is 7.52. The third-order valence-electron chi connectivity index (χ3n) is 3.71. The fraction of sp³-hybridized carbons (Fsp3) is 0.222. The van der Waals surface area contributed by atoms with Gasteiger partial charge in [0.25, 0.3) is 0 Å². The number of aromatic nitrogens is 1. The number of nitrogens with zero attached hydrogens (tertiary/aromatic N) is 1. The summed E-state index contributed by atoms with van der Waals surface area (Å²) in [6.07, 6.45) is 2.18. The van der Waals surface area contributed by atoms with Gasteiger partial charge in [-0.1, -0.05) is 35.9 Å². The van der Waals surface area contributed by atoms with Crippen LogP contribution in [0.1, 0.15) is 18.1 Å². The number of benzene rings is 2. The maximum absolute atomic E-state index is 5.98. The van der Waals surface area contributed by atoms with Gasteiger partial charge in [-0.3, -0.25) is 0 Å². The number of rotatable bonds is 4. The summed E-state index contributed by atoms with van der Waals surface area (Å²) in [5.41, 5.74) is 3.79. The second-order valence-electron chi connectivity index (χ2n) is 5.16. The van der Waals surface area contributed by atoms with Crippen molar-refractivity contribution < 1.29 is 4.74 Å². The van der Waals surface area contributed by atoms with E-state index in [4.69, 9.17) is 16.3 Å². The van der Waals surface area contributed by atoms with Crippen LogP contribution in [0.5, 0.6) is 5.75 Å². The molecular formula is C18H18ClNO. The minimum Gasteiger partial charge on any atom is -0.489 e. The van der Waals surface area contributed by atoms with Gasteiger partial charge in [0, 0.05) is 28.7 Å². The quantitative estimate of drug-likeness (QED) is 0.645. The van der Waals surface area contributed by atoms with E-state index >= 15 is 0 Å². The first-order chi connectivity index (χ1) is 10.2. The second-order valence-corrected chi connectivity index (χ2v) is 5.59. The molecule has 2 aromatic carbocycles. The molecular weight excluding hydrogens is 282 g/mol.